The van der Waals surface area contributed by atoms with Crippen LogP contribution in [-0.2, 0) is 4.74 Å². The molecule has 132 valence electrons. The molecule has 4 heteroatoms. The van der Waals surface area contributed by atoms with Gasteiger partial charge in [-0.15, -0.1) is 0 Å². The van der Waals surface area contributed by atoms with Crippen LogP contribution in [0.15, 0.2) is 24.3 Å². The number of benzene rings is 1. The third kappa shape index (κ3) is 3.44. The number of unbranched alkanes of at least 4 members (excludes halogenated alkanes) is 1. The molecule has 1 saturated carbocycles. The maximum Gasteiger partial charge on any atom is 0.409 e. The van der Waals surface area contributed by atoms with Gasteiger partial charge in [-0.3, -0.25) is 0 Å². The van der Waals surface area contributed by atoms with Crippen LogP contribution in [0, 0.1) is 18.8 Å². The fourth-order valence-corrected chi connectivity index (χ4v) is 4.40. The molecule has 1 aliphatic heterocycles. The number of amides is 1. The highest BCUT2D eigenvalue weighted by Crippen LogP contribution is 2.46. The predicted molar refractivity (Wildman–Crippen MR) is 94.0 cm³/mol. The van der Waals surface area contributed by atoms with Crippen molar-refractivity contribution in [3.63, 3.8) is 0 Å². The molecule has 1 saturated heterocycles. The van der Waals surface area contributed by atoms with Crippen LogP contribution < -0.4 is 0 Å². The summed E-state index contributed by atoms with van der Waals surface area (Å²) < 4.78 is 5.39. The molecule has 4 unspecified atom stereocenters. The summed E-state index contributed by atoms with van der Waals surface area (Å²) in [6, 6.07) is 8.33. The van der Waals surface area contributed by atoms with E-state index in [1.165, 1.54) is 11.1 Å². The van der Waals surface area contributed by atoms with Gasteiger partial charge < -0.3 is 14.7 Å². The van der Waals surface area contributed by atoms with E-state index in [1.807, 2.05) is 17.0 Å². The third-order valence-corrected chi connectivity index (χ3v) is 5.73. The number of likely N-dealkylation sites (tertiary alicyclic amines) is 1. The van der Waals surface area contributed by atoms with Gasteiger partial charge in [0.05, 0.1) is 12.7 Å². The van der Waals surface area contributed by atoms with Gasteiger partial charge in [-0.05, 0) is 49.1 Å². The van der Waals surface area contributed by atoms with E-state index in [2.05, 4.69) is 26.0 Å². The minimum Gasteiger partial charge on any atom is -0.449 e. The van der Waals surface area contributed by atoms with Crippen molar-refractivity contribution in [1.82, 2.24) is 4.90 Å². The Morgan fingerprint density at radius 2 is 2.08 bits per heavy atom. The third-order valence-electron chi connectivity index (χ3n) is 5.73. The van der Waals surface area contributed by atoms with Gasteiger partial charge in [0, 0.05) is 19.0 Å². The van der Waals surface area contributed by atoms with Crippen molar-refractivity contribution in [3.05, 3.63) is 35.4 Å². The van der Waals surface area contributed by atoms with Gasteiger partial charge in [0.1, 0.15) is 0 Å². The lowest BCUT2D eigenvalue weighted by Crippen LogP contribution is -2.36. The minimum absolute atomic E-state index is 0.124. The molecular weight excluding hydrogens is 302 g/mol. The van der Waals surface area contributed by atoms with E-state index in [0.29, 0.717) is 25.0 Å². The highest BCUT2D eigenvalue weighted by Gasteiger charge is 2.46. The van der Waals surface area contributed by atoms with Gasteiger partial charge in [0.15, 0.2) is 0 Å². The Morgan fingerprint density at radius 1 is 1.29 bits per heavy atom. The molecule has 4 nitrogen and oxygen atoms in total. The molecule has 0 spiro atoms. The first-order valence-electron chi connectivity index (χ1n) is 9.27. The van der Waals surface area contributed by atoms with Gasteiger partial charge in [-0.1, -0.05) is 37.6 Å². The fraction of sp³-hybridized carbons (Fsp3) is 0.650. The van der Waals surface area contributed by atoms with Crippen molar-refractivity contribution in [3.8, 4) is 0 Å². The molecular formula is C20H29NO3. The lowest BCUT2D eigenvalue weighted by Gasteiger charge is -2.37. The van der Waals surface area contributed by atoms with E-state index >= 15 is 0 Å². The molecule has 1 heterocycles. The van der Waals surface area contributed by atoms with Crippen LogP contribution in [0.3, 0.4) is 0 Å². The van der Waals surface area contributed by atoms with Crippen LogP contribution in [0.4, 0.5) is 4.79 Å². The van der Waals surface area contributed by atoms with Gasteiger partial charge in [-0.25, -0.2) is 4.79 Å². The second-order valence-electron chi connectivity index (χ2n) is 7.32. The van der Waals surface area contributed by atoms with Crippen molar-refractivity contribution in [2.45, 2.75) is 51.6 Å². The van der Waals surface area contributed by atoms with E-state index in [-0.39, 0.29) is 18.1 Å². The largest absolute Gasteiger partial charge is 0.449 e. The molecule has 2 fully saturated rings. The van der Waals surface area contributed by atoms with E-state index in [1.54, 1.807) is 0 Å². The molecule has 1 amide bonds. The Morgan fingerprint density at radius 3 is 2.83 bits per heavy atom. The predicted octanol–water partition coefficient (Wildman–Crippen LogP) is 3.72. The van der Waals surface area contributed by atoms with Gasteiger partial charge >= 0.3 is 6.09 Å². The van der Waals surface area contributed by atoms with Crippen molar-refractivity contribution in [1.29, 1.82) is 0 Å². The number of hydrogen-bond donors (Lipinski definition) is 1. The lowest BCUT2D eigenvalue weighted by atomic mass is 9.68. The van der Waals surface area contributed by atoms with Crippen LogP contribution in [0.5, 0.6) is 0 Å². The van der Waals surface area contributed by atoms with Crippen LogP contribution in [0.2, 0.25) is 0 Å². The number of rotatable bonds is 4. The number of nitrogens with zero attached hydrogens (tertiary/aromatic N) is 1. The molecule has 24 heavy (non-hydrogen) atoms. The van der Waals surface area contributed by atoms with Crippen molar-refractivity contribution < 1.29 is 14.6 Å². The average Bonchev–Trinajstić information content (AvgIpc) is 3.00. The van der Waals surface area contributed by atoms with Gasteiger partial charge in [0.2, 0.25) is 0 Å². The fourth-order valence-electron chi connectivity index (χ4n) is 4.40. The van der Waals surface area contributed by atoms with Crippen LogP contribution in [-0.4, -0.2) is 41.9 Å². The standard InChI is InChI=1S/C20H29NO3/c1-3-4-11-24-20(23)21-12-15-9-10-18(22)19(17(15)13-21)16-8-6-5-7-14(16)2/h5-8,15,17-19,22H,3-4,9-13H2,1-2H3. The highest BCUT2D eigenvalue weighted by molar-refractivity contribution is 5.68. The Bertz CT molecular complexity index is 574. The molecule has 0 bridgehead atoms. The quantitative estimate of drug-likeness (QED) is 0.856. The van der Waals surface area contributed by atoms with Crippen LogP contribution in [0.25, 0.3) is 0 Å². The van der Waals surface area contributed by atoms with Crippen LogP contribution in [0.1, 0.15) is 49.7 Å². The smallest absolute Gasteiger partial charge is 0.409 e. The van der Waals surface area contributed by atoms with Gasteiger partial charge in [-0.2, -0.15) is 0 Å². The van der Waals surface area contributed by atoms with Gasteiger partial charge in [0.25, 0.3) is 0 Å². The normalized spacial score (nSPS) is 29.4. The maximum atomic E-state index is 12.3. The Labute approximate surface area is 144 Å². The molecule has 1 N–H and O–H groups in total. The number of aryl methyl sites for hydroxylation is 1. The molecule has 2 aliphatic rings. The zero-order valence-corrected chi connectivity index (χ0v) is 14.8. The molecule has 0 aromatic heterocycles. The maximum absolute atomic E-state index is 12.3. The molecule has 1 aromatic rings. The number of carbonyl (C=O) groups excluding carboxylic acids is 1. The zero-order chi connectivity index (χ0) is 17.1. The first-order chi connectivity index (χ1) is 11.6. The summed E-state index contributed by atoms with van der Waals surface area (Å²) in [4.78, 5) is 14.2. The van der Waals surface area contributed by atoms with Crippen molar-refractivity contribution in [2.24, 2.45) is 11.8 Å². The molecule has 3 rings (SSSR count). The second-order valence-corrected chi connectivity index (χ2v) is 7.32. The number of ether oxygens (including phenoxy) is 1. The molecule has 0 radical (unpaired) electrons. The summed E-state index contributed by atoms with van der Waals surface area (Å²) in [6.07, 6.45) is 3.25. The topological polar surface area (TPSA) is 49.8 Å². The highest BCUT2D eigenvalue weighted by atomic mass is 16.6. The Hall–Kier alpha value is -1.55. The summed E-state index contributed by atoms with van der Waals surface area (Å²) in [5, 5.41) is 10.7. The summed E-state index contributed by atoms with van der Waals surface area (Å²) in [5.41, 5.74) is 2.46. The summed E-state index contributed by atoms with van der Waals surface area (Å²) in [6.45, 7) is 6.17. The van der Waals surface area contributed by atoms with Crippen molar-refractivity contribution in [2.75, 3.05) is 19.7 Å². The first kappa shape index (κ1) is 17.3. The number of aliphatic hydroxyl groups is 1. The van der Waals surface area contributed by atoms with Crippen molar-refractivity contribution >= 4 is 6.09 Å². The van der Waals surface area contributed by atoms with E-state index in [4.69, 9.17) is 4.74 Å². The van der Waals surface area contributed by atoms with Crippen LogP contribution >= 0.6 is 0 Å². The number of aliphatic hydroxyl groups excluding tert-OH is 1. The minimum atomic E-state index is -0.316. The molecule has 1 aromatic carbocycles. The number of fused-ring (bicyclic) bond motifs is 1. The molecule has 4 atom stereocenters. The Kier molecular flexibility index (Phi) is 5.44. The SMILES string of the molecule is CCCCOC(=O)N1CC2CCC(O)C(c3ccccc3C)C2C1. The summed E-state index contributed by atoms with van der Waals surface area (Å²) in [5.74, 6) is 0.920. The monoisotopic (exact) mass is 331 g/mol. The zero-order valence-electron chi connectivity index (χ0n) is 14.8. The number of hydrogen-bond acceptors (Lipinski definition) is 3. The van der Waals surface area contributed by atoms with E-state index < -0.39 is 0 Å². The van der Waals surface area contributed by atoms with E-state index in [9.17, 15) is 9.90 Å². The first-order valence-corrected chi connectivity index (χ1v) is 9.27. The summed E-state index contributed by atoms with van der Waals surface area (Å²) >= 11 is 0. The Balaban J connectivity index is 1.73. The van der Waals surface area contributed by atoms with E-state index in [0.717, 1.165) is 32.2 Å². The second kappa shape index (κ2) is 7.56. The lowest BCUT2D eigenvalue weighted by molar-refractivity contribution is 0.0585. The molecule has 1 aliphatic carbocycles. The summed E-state index contributed by atoms with van der Waals surface area (Å²) in [7, 11) is 0. The number of carbonyl (C=O) groups is 1. The average molecular weight is 331 g/mol.